The third-order valence-corrected chi connectivity index (χ3v) is 1.60. The molecule has 0 saturated carbocycles. The van der Waals surface area contributed by atoms with Crippen LogP contribution >= 0.6 is 0 Å². The number of morpholine rings is 1. The van der Waals surface area contributed by atoms with Crippen molar-refractivity contribution in [1.29, 1.82) is 0 Å². The lowest BCUT2D eigenvalue weighted by atomic mass is 10.1. The molecule has 0 spiro atoms. The summed E-state index contributed by atoms with van der Waals surface area (Å²) < 4.78 is 5.43. The Morgan fingerprint density at radius 2 is 2.22 bits per heavy atom. The normalized spacial score (nSPS) is 34.3. The van der Waals surface area contributed by atoms with E-state index in [4.69, 9.17) is 4.74 Å². The number of nitrogens with one attached hydrogen (secondary N) is 1. The van der Waals surface area contributed by atoms with E-state index < -0.39 is 0 Å². The van der Waals surface area contributed by atoms with Gasteiger partial charge in [-0.2, -0.15) is 0 Å². The van der Waals surface area contributed by atoms with E-state index in [1.165, 1.54) is 0 Å². The van der Waals surface area contributed by atoms with Crippen LogP contribution in [0.2, 0.25) is 0 Å². The molecule has 2 nitrogen and oxygen atoms in total. The standard InChI is InChI=1S/C7H15NO/c1-6-4-8-7(2,3)5-9-6/h6,8H,4-5H2,1-3H3/t6-/m1/s1. The van der Waals surface area contributed by atoms with Crippen molar-refractivity contribution >= 4 is 0 Å². The molecule has 2 heteroatoms. The van der Waals surface area contributed by atoms with Gasteiger partial charge in [-0.25, -0.2) is 0 Å². The van der Waals surface area contributed by atoms with Crippen LogP contribution in [-0.4, -0.2) is 24.8 Å². The second-order valence-electron chi connectivity index (χ2n) is 3.39. The summed E-state index contributed by atoms with van der Waals surface area (Å²) in [4.78, 5) is 0. The molecular formula is C7H15NO. The molecule has 1 aliphatic rings. The van der Waals surface area contributed by atoms with Crippen LogP contribution < -0.4 is 5.32 Å². The van der Waals surface area contributed by atoms with Crippen LogP contribution in [0.25, 0.3) is 0 Å². The maximum absolute atomic E-state index is 5.43. The summed E-state index contributed by atoms with van der Waals surface area (Å²) in [7, 11) is 0. The van der Waals surface area contributed by atoms with Crippen LogP contribution in [0.5, 0.6) is 0 Å². The van der Waals surface area contributed by atoms with Crippen molar-refractivity contribution in [2.75, 3.05) is 13.2 Å². The van der Waals surface area contributed by atoms with Crippen LogP contribution in [0.15, 0.2) is 0 Å². The molecule has 0 aromatic carbocycles. The highest BCUT2D eigenvalue weighted by molar-refractivity contribution is 4.82. The quantitative estimate of drug-likeness (QED) is 0.521. The third kappa shape index (κ3) is 1.95. The minimum absolute atomic E-state index is 0.187. The highest BCUT2D eigenvalue weighted by Crippen LogP contribution is 2.09. The summed E-state index contributed by atoms with van der Waals surface area (Å²) in [5.41, 5.74) is 0.187. The SMILES string of the molecule is C[C@@H]1CNC(C)(C)CO1. The molecule has 0 aromatic rings. The van der Waals surface area contributed by atoms with Gasteiger partial charge in [0.25, 0.3) is 0 Å². The fourth-order valence-electron chi connectivity index (χ4n) is 0.881. The predicted molar refractivity (Wildman–Crippen MR) is 37.5 cm³/mol. The van der Waals surface area contributed by atoms with Gasteiger partial charge in [0.1, 0.15) is 0 Å². The molecule has 1 fully saturated rings. The van der Waals surface area contributed by atoms with Crippen molar-refractivity contribution in [3.8, 4) is 0 Å². The summed E-state index contributed by atoms with van der Waals surface area (Å²) in [6.45, 7) is 8.20. The van der Waals surface area contributed by atoms with Crippen molar-refractivity contribution < 1.29 is 4.74 Å². The average molecular weight is 129 g/mol. The Bertz CT molecular complexity index is 91.1. The van der Waals surface area contributed by atoms with Gasteiger partial charge >= 0.3 is 0 Å². The molecule has 0 bridgehead atoms. The first-order chi connectivity index (χ1) is 4.10. The Morgan fingerprint density at radius 1 is 1.56 bits per heavy atom. The van der Waals surface area contributed by atoms with Crippen molar-refractivity contribution in [1.82, 2.24) is 5.32 Å². The van der Waals surface area contributed by atoms with Crippen molar-refractivity contribution in [3.63, 3.8) is 0 Å². The van der Waals surface area contributed by atoms with Gasteiger partial charge in [-0.3, -0.25) is 0 Å². The van der Waals surface area contributed by atoms with E-state index in [1.54, 1.807) is 0 Å². The molecule has 9 heavy (non-hydrogen) atoms. The first-order valence-corrected chi connectivity index (χ1v) is 3.47. The molecule has 1 rings (SSSR count). The Balaban J connectivity index is 2.35. The first-order valence-electron chi connectivity index (χ1n) is 3.47. The number of ether oxygens (including phenoxy) is 1. The van der Waals surface area contributed by atoms with Crippen LogP contribution in [0.3, 0.4) is 0 Å². The monoisotopic (exact) mass is 129 g/mol. The Kier molecular flexibility index (Phi) is 1.78. The maximum Gasteiger partial charge on any atom is 0.0672 e. The van der Waals surface area contributed by atoms with E-state index in [0.29, 0.717) is 6.10 Å². The summed E-state index contributed by atoms with van der Waals surface area (Å²) in [6.07, 6.45) is 0.387. The van der Waals surface area contributed by atoms with Gasteiger partial charge in [0.05, 0.1) is 12.7 Å². The zero-order chi connectivity index (χ0) is 6.91. The molecular weight excluding hydrogens is 114 g/mol. The minimum atomic E-state index is 0.187. The number of hydrogen-bond acceptors (Lipinski definition) is 2. The van der Waals surface area contributed by atoms with Crippen LogP contribution in [-0.2, 0) is 4.74 Å². The highest BCUT2D eigenvalue weighted by atomic mass is 16.5. The van der Waals surface area contributed by atoms with Gasteiger partial charge in [0.15, 0.2) is 0 Å². The molecule has 0 unspecified atom stereocenters. The predicted octanol–water partition coefficient (Wildman–Crippen LogP) is 0.773. The van der Waals surface area contributed by atoms with E-state index in [9.17, 15) is 0 Å². The summed E-state index contributed by atoms with van der Waals surface area (Å²) in [5.74, 6) is 0. The minimum Gasteiger partial charge on any atom is -0.375 e. The van der Waals surface area contributed by atoms with Gasteiger partial charge in [0, 0.05) is 12.1 Å². The fourth-order valence-corrected chi connectivity index (χ4v) is 0.881. The molecule has 1 saturated heterocycles. The second-order valence-corrected chi connectivity index (χ2v) is 3.39. The van der Waals surface area contributed by atoms with Gasteiger partial charge < -0.3 is 10.1 Å². The lowest BCUT2D eigenvalue weighted by molar-refractivity contribution is -0.0113. The van der Waals surface area contributed by atoms with Crippen LogP contribution in [0, 0.1) is 0 Å². The van der Waals surface area contributed by atoms with Gasteiger partial charge in [-0.1, -0.05) is 0 Å². The Labute approximate surface area is 56.6 Å². The van der Waals surface area contributed by atoms with Crippen LogP contribution in [0.1, 0.15) is 20.8 Å². The highest BCUT2D eigenvalue weighted by Gasteiger charge is 2.23. The molecule has 0 radical (unpaired) electrons. The largest absolute Gasteiger partial charge is 0.375 e. The lowest BCUT2D eigenvalue weighted by Gasteiger charge is -2.34. The molecule has 0 aromatic heterocycles. The second kappa shape index (κ2) is 2.27. The smallest absolute Gasteiger partial charge is 0.0672 e. The van der Waals surface area contributed by atoms with Crippen LogP contribution in [0.4, 0.5) is 0 Å². The summed E-state index contributed by atoms with van der Waals surface area (Å²) in [5, 5.41) is 3.38. The zero-order valence-electron chi connectivity index (χ0n) is 6.40. The van der Waals surface area contributed by atoms with E-state index in [-0.39, 0.29) is 5.54 Å². The zero-order valence-corrected chi connectivity index (χ0v) is 6.40. The fraction of sp³-hybridized carbons (Fsp3) is 1.00. The average Bonchev–Trinajstić information content (AvgIpc) is 1.78. The van der Waals surface area contributed by atoms with E-state index in [0.717, 1.165) is 13.2 Å². The van der Waals surface area contributed by atoms with Crippen molar-refractivity contribution in [2.24, 2.45) is 0 Å². The van der Waals surface area contributed by atoms with Gasteiger partial charge in [0.2, 0.25) is 0 Å². The molecule has 0 aliphatic carbocycles. The van der Waals surface area contributed by atoms with Crippen molar-refractivity contribution in [3.05, 3.63) is 0 Å². The summed E-state index contributed by atoms with van der Waals surface area (Å²) in [6, 6.07) is 0. The topological polar surface area (TPSA) is 21.3 Å². The molecule has 54 valence electrons. The van der Waals surface area contributed by atoms with Crippen molar-refractivity contribution in [2.45, 2.75) is 32.4 Å². The van der Waals surface area contributed by atoms with Gasteiger partial charge in [-0.05, 0) is 20.8 Å². The third-order valence-electron chi connectivity index (χ3n) is 1.60. The Hall–Kier alpha value is -0.0800. The number of hydrogen-bond donors (Lipinski definition) is 1. The molecule has 1 N–H and O–H groups in total. The molecule has 0 amide bonds. The van der Waals surface area contributed by atoms with E-state index in [2.05, 4.69) is 26.1 Å². The molecule has 1 aliphatic heterocycles. The summed E-state index contributed by atoms with van der Waals surface area (Å²) >= 11 is 0. The number of rotatable bonds is 0. The first kappa shape index (κ1) is 7.03. The molecule has 1 heterocycles. The van der Waals surface area contributed by atoms with Gasteiger partial charge in [-0.15, -0.1) is 0 Å². The Morgan fingerprint density at radius 3 is 2.56 bits per heavy atom. The maximum atomic E-state index is 5.43. The van der Waals surface area contributed by atoms with E-state index >= 15 is 0 Å². The van der Waals surface area contributed by atoms with E-state index in [1.807, 2.05) is 0 Å². The molecule has 1 atom stereocenters. The lowest BCUT2D eigenvalue weighted by Crippen LogP contribution is -2.52.